The number of aliphatic carboxylic acids is 1. The average Bonchev–Trinajstić information content (AvgIpc) is 2.43. The molecule has 1 aromatic heterocycles. The van der Waals surface area contributed by atoms with E-state index in [1.807, 2.05) is 13.8 Å². The summed E-state index contributed by atoms with van der Waals surface area (Å²) in [5, 5.41) is 8.89. The first-order valence-corrected chi connectivity index (χ1v) is 4.84. The van der Waals surface area contributed by atoms with Crippen LogP contribution in [0.15, 0.2) is 0 Å². The number of hydrogen-bond donors (Lipinski definition) is 2. The van der Waals surface area contributed by atoms with Crippen LogP contribution in [0.4, 0.5) is 0 Å². The van der Waals surface area contributed by atoms with Crippen molar-refractivity contribution in [3.8, 4) is 0 Å². The Morgan fingerprint density at radius 2 is 2.29 bits per heavy atom. The Kier molecular flexibility index (Phi) is 3.52. The van der Waals surface area contributed by atoms with Crippen LogP contribution in [0, 0.1) is 0 Å². The molecule has 0 bridgehead atoms. The minimum Gasteiger partial charge on any atom is -0.481 e. The van der Waals surface area contributed by atoms with Gasteiger partial charge in [0.2, 0.25) is 0 Å². The van der Waals surface area contributed by atoms with Crippen molar-refractivity contribution in [1.29, 1.82) is 0 Å². The second-order valence-electron chi connectivity index (χ2n) is 3.44. The highest BCUT2D eigenvalue weighted by atomic mass is 35.5. The Morgan fingerprint density at radius 3 is 2.71 bits per heavy atom. The van der Waals surface area contributed by atoms with Gasteiger partial charge in [0.1, 0.15) is 11.0 Å². The standard InChI is InChI=1S/C9H13ClN2O2/c1-5(2)9-11-6(8(10)12-9)3-4-7(13)14/h5H,3-4H2,1-2H3,(H,11,12)(H,13,14). The van der Waals surface area contributed by atoms with Gasteiger partial charge in [-0.2, -0.15) is 0 Å². The minimum atomic E-state index is -0.832. The smallest absolute Gasteiger partial charge is 0.303 e. The average molecular weight is 217 g/mol. The SMILES string of the molecule is CC(C)c1nc(Cl)c(CCC(=O)O)[nH]1. The third kappa shape index (κ3) is 2.73. The van der Waals surface area contributed by atoms with Gasteiger partial charge in [-0.1, -0.05) is 25.4 Å². The molecule has 78 valence electrons. The Bertz CT molecular complexity index is 334. The Balaban J connectivity index is 2.72. The first-order chi connectivity index (χ1) is 6.50. The minimum absolute atomic E-state index is 0.0689. The molecular weight excluding hydrogens is 204 g/mol. The number of carboxylic acids is 1. The van der Waals surface area contributed by atoms with Crippen LogP contribution >= 0.6 is 11.6 Å². The summed E-state index contributed by atoms with van der Waals surface area (Å²) in [6, 6.07) is 0. The number of halogens is 1. The van der Waals surface area contributed by atoms with Crippen LogP contribution in [0.2, 0.25) is 5.15 Å². The predicted molar refractivity (Wildman–Crippen MR) is 53.6 cm³/mol. The number of aromatic amines is 1. The Hall–Kier alpha value is -1.03. The van der Waals surface area contributed by atoms with Crippen molar-refractivity contribution in [2.75, 3.05) is 0 Å². The molecule has 0 saturated heterocycles. The molecule has 0 aliphatic rings. The lowest BCUT2D eigenvalue weighted by Gasteiger charge is -1.97. The number of hydrogen-bond acceptors (Lipinski definition) is 2. The molecule has 4 nitrogen and oxygen atoms in total. The van der Waals surface area contributed by atoms with Gasteiger partial charge in [0.05, 0.1) is 12.1 Å². The predicted octanol–water partition coefficient (Wildman–Crippen LogP) is 2.20. The molecule has 1 rings (SSSR count). The molecule has 0 aliphatic heterocycles. The topological polar surface area (TPSA) is 66.0 Å². The van der Waals surface area contributed by atoms with Gasteiger partial charge in [-0.05, 0) is 0 Å². The molecule has 1 aromatic rings. The summed E-state index contributed by atoms with van der Waals surface area (Å²) in [6.45, 7) is 3.99. The van der Waals surface area contributed by atoms with E-state index in [4.69, 9.17) is 16.7 Å². The molecule has 5 heteroatoms. The molecular formula is C9H13ClN2O2. The van der Waals surface area contributed by atoms with Gasteiger partial charge >= 0.3 is 5.97 Å². The van der Waals surface area contributed by atoms with Crippen LogP contribution in [0.3, 0.4) is 0 Å². The molecule has 0 radical (unpaired) electrons. The van der Waals surface area contributed by atoms with Crippen molar-refractivity contribution in [2.24, 2.45) is 0 Å². The second-order valence-corrected chi connectivity index (χ2v) is 3.80. The zero-order chi connectivity index (χ0) is 10.7. The van der Waals surface area contributed by atoms with E-state index in [-0.39, 0.29) is 12.3 Å². The summed E-state index contributed by atoms with van der Waals surface area (Å²) in [5.41, 5.74) is 0.706. The van der Waals surface area contributed by atoms with Crippen molar-refractivity contribution in [1.82, 2.24) is 9.97 Å². The van der Waals surface area contributed by atoms with E-state index < -0.39 is 5.97 Å². The summed E-state index contributed by atoms with van der Waals surface area (Å²) in [7, 11) is 0. The van der Waals surface area contributed by atoms with E-state index in [9.17, 15) is 4.79 Å². The molecule has 2 N–H and O–H groups in total. The summed E-state index contributed by atoms with van der Waals surface area (Å²) < 4.78 is 0. The van der Waals surface area contributed by atoms with E-state index >= 15 is 0 Å². The maximum atomic E-state index is 10.3. The largest absolute Gasteiger partial charge is 0.481 e. The number of H-pyrrole nitrogens is 1. The van der Waals surface area contributed by atoms with Crippen molar-refractivity contribution in [3.05, 3.63) is 16.7 Å². The van der Waals surface area contributed by atoms with Gasteiger partial charge < -0.3 is 10.1 Å². The quantitative estimate of drug-likeness (QED) is 0.811. The van der Waals surface area contributed by atoms with E-state index in [1.54, 1.807) is 0 Å². The lowest BCUT2D eigenvalue weighted by Crippen LogP contribution is -1.98. The number of rotatable bonds is 4. The number of aryl methyl sites for hydroxylation is 1. The summed E-state index contributed by atoms with van der Waals surface area (Å²) in [6.07, 6.45) is 0.466. The normalized spacial score (nSPS) is 10.9. The van der Waals surface area contributed by atoms with E-state index in [1.165, 1.54) is 0 Å². The molecule has 0 fully saturated rings. The van der Waals surface area contributed by atoms with Gasteiger partial charge in [0.15, 0.2) is 0 Å². The van der Waals surface area contributed by atoms with Crippen molar-refractivity contribution in [2.45, 2.75) is 32.6 Å². The highest BCUT2D eigenvalue weighted by molar-refractivity contribution is 6.30. The molecule has 0 aliphatic carbocycles. The first-order valence-electron chi connectivity index (χ1n) is 4.46. The van der Waals surface area contributed by atoms with Crippen LogP contribution in [-0.2, 0) is 11.2 Å². The number of nitrogens with one attached hydrogen (secondary N) is 1. The van der Waals surface area contributed by atoms with Gasteiger partial charge in [-0.15, -0.1) is 0 Å². The zero-order valence-corrected chi connectivity index (χ0v) is 8.93. The lowest BCUT2D eigenvalue weighted by molar-refractivity contribution is -0.136. The molecule has 0 saturated carbocycles. The fourth-order valence-corrected chi connectivity index (χ4v) is 1.31. The zero-order valence-electron chi connectivity index (χ0n) is 8.17. The molecule has 0 unspecified atom stereocenters. The summed E-state index contributed by atoms with van der Waals surface area (Å²) >= 11 is 5.84. The lowest BCUT2D eigenvalue weighted by atomic mass is 10.2. The monoisotopic (exact) mass is 216 g/mol. The number of carbonyl (C=O) groups is 1. The second kappa shape index (κ2) is 4.46. The van der Waals surface area contributed by atoms with Crippen molar-refractivity contribution in [3.63, 3.8) is 0 Å². The molecule has 0 aromatic carbocycles. The van der Waals surface area contributed by atoms with Crippen LogP contribution < -0.4 is 0 Å². The Labute approximate surface area is 87.3 Å². The summed E-state index contributed by atoms with van der Waals surface area (Å²) in [4.78, 5) is 17.5. The third-order valence-electron chi connectivity index (χ3n) is 1.88. The maximum Gasteiger partial charge on any atom is 0.303 e. The van der Waals surface area contributed by atoms with Crippen LogP contribution in [-0.4, -0.2) is 21.0 Å². The van der Waals surface area contributed by atoms with Gasteiger partial charge in [-0.25, -0.2) is 4.98 Å². The van der Waals surface area contributed by atoms with E-state index in [0.717, 1.165) is 5.82 Å². The number of carboxylic acid groups (broad SMARTS) is 1. The van der Waals surface area contributed by atoms with Crippen molar-refractivity contribution < 1.29 is 9.90 Å². The Morgan fingerprint density at radius 1 is 1.64 bits per heavy atom. The number of imidazole rings is 1. The van der Waals surface area contributed by atoms with E-state index in [2.05, 4.69) is 9.97 Å². The highest BCUT2D eigenvalue weighted by Gasteiger charge is 2.11. The van der Waals surface area contributed by atoms with Crippen LogP contribution in [0.1, 0.15) is 37.7 Å². The van der Waals surface area contributed by atoms with Crippen LogP contribution in [0.5, 0.6) is 0 Å². The summed E-state index contributed by atoms with van der Waals surface area (Å²) in [5.74, 6) is 0.239. The van der Waals surface area contributed by atoms with Gasteiger partial charge in [-0.3, -0.25) is 4.79 Å². The third-order valence-corrected chi connectivity index (χ3v) is 2.19. The molecule has 0 spiro atoms. The number of aromatic nitrogens is 2. The molecule has 14 heavy (non-hydrogen) atoms. The molecule has 1 heterocycles. The first kappa shape index (κ1) is 11.0. The van der Waals surface area contributed by atoms with E-state index in [0.29, 0.717) is 17.3 Å². The van der Waals surface area contributed by atoms with Crippen molar-refractivity contribution >= 4 is 17.6 Å². The fourth-order valence-electron chi connectivity index (χ4n) is 1.08. The van der Waals surface area contributed by atoms with Crippen LogP contribution in [0.25, 0.3) is 0 Å². The van der Waals surface area contributed by atoms with Gasteiger partial charge in [0.25, 0.3) is 0 Å². The van der Waals surface area contributed by atoms with Gasteiger partial charge in [0, 0.05) is 12.3 Å². The number of nitrogens with zero attached hydrogens (tertiary/aromatic N) is 1. The maximum absolute atomic E-state index is 10.3. The highest BCUT2D eigenvalue weighted by Crippen LogP contribution is 2.19. The molecule has 0 atom stereocenters. The fraction of sp³-hybridized carbons (Fsp3) is 0.556. The molecule has 0 amide bonds.